The third-order valence-corrected chi connectivity index (χ3v) is 4.21. The molecule has 3 rings (SSSR count). The highest BCUT2D eigenvalue weighted by atomic mass is 15.2. The Labute approximate surface area is 114 Å². The van der Waals surface area contributed by atoms with E-state index in [1.807, 2.05) is 0 Å². The van der Waals surface area contributed by atoms with E-state index in [-0.39, 0.29) is 0 Å². The highest BCUT2D eigenvalue weighted by Gasteiger charge is 2.19. The van der Waals surface area contributed by atoms with Gasteiger partial charge in [0.1, 0.15) is 0 Å². The number of nitrogens with zero attached hydrogens (tertiary/aromatic N) is 3. The number of hydrogen-bond acceptors (Lipinski definition) is 3. The van der Waals surface area contributed by atoms with E-state index in [0.29, 0.717) is 5.95 Å². The summed E-state index contributed by atoms with van der Waals surface area (Å²) in [6, 6.07) is 6.38. The zero-order valence-electron chi connectivity index (χ0n) is 11.8. The first-order valence-electron chi connectivity index (χ1n) is 7.04. The molecule has 1 aliphatic heterocycles. The number of nitrogens with two attached hydrogens (primary N) is 1. The highest BCUT2D eigenvalue weighted by Crippen LogP contribution is 2.24. The molecule has 0 spiro atoms. The molecule has 102 valence electrons. The van der Waals surface area contributed by atoms with Crippen molar-refractivity contribution in [2.45, 2.75) is 26.3 Å². The van der Waals surface area contributed by atoms with Crippen LogP contribution in [0.25, 0.3) is 11.0 Å². The largest absolute Gasteiger partial charge is 0.369 e. The smallest absolute Gasteiger partial charge is 0.201 e. The zero-order valence-corrected chi connectivity index (χ0v) is 11.8. The fraction of sp³-hybridized carbons (Fsp3) is 0.533. The van der Waals surface area contributed by atoms with Crippen molar-refractivity contribution in [1.29, 1.82) is 0 Å². The number of anilines is 1. The van der Waals surface area contributed by atoms with Crippen LogP contribution in [-0.4, -0.2) is 34.6 Å². The molecule has 0 amide bonds. The Morgan fingerprint density at radius 2 is 2.05 bits per heavy atom. The van der Waals surface area contributed by atoms with Crippen LogP contribution in [0.15, 0.2) is 18.2 Å². The second-order valence-corrected chi connectivity index (χ2v) is 5.82. The Balaban J connectivity index is 1.86. The van der Waals surface area contributed by atoms with Crippen LogP contribution in [0.1, 0.15) is 18.4 Å². The highest BCUT2D eigenvalue weighted by molar-refractivity contribution is 5.79. The second-order valence-electron chi connectivity index (χ2n) is 5.82. The first kappa shape index (κ1) is 12.5. The van der Waals surface area contributed by atoms with Gasteiger partial charge < -0.3 is 15.2 Å². The average molecular weight is 258 g/mol. The van der Waals surface area contributed by atoms with Gasteiger partial charge in [0.15, 0.2) is 0 Å². The molecule has 2 N–H and O–H groups in total. The van der Waals surface area contributed by atoms with Crippen LogP contribution in [0.4, 0.5) is 5.95 Å². The van der Waals surface area contributed by atoms with Gasteiger partial charge in [-0.05, 0) is 63.5 Å². The number of fused-ring (bicyclic) bond motifs is 1. The van der Waals surface area contributed by atoms with Crippen molar-refractivity contribution in [1.82, 2.24) is 14.5 Å². The minimum Gasteiger partial charge on any atom is -0.369 e. The van der Waals surface area contributed by atoms with E-state index in [1.165, 1.54) is 37.0 Å². The predicted octanol–water partition coefficient (Wildman–Crippen LogP) is 2.27. The quantitative estimate of drug-likeness (QED) is 0.899. The molecule has 0 unspecified atom stereocenters. The van der Waals surface area contributed by atoms with E-state index in [1.54, 1.807) is 0 Å². The van der Waals surface area contributed by atoms with Crippen molar-refractivity contribution in [2.24, 2.45) is 5.92 Å². The third-order valence-electron chi connectivity index (χ3n) is 4.21. The summed E-state index contributed by atoms with van der Waals surface area (Å²) in [5, 5.41) is 0. The van der Waals surface area contributed by atoms with E-state index in [9.17, 15) is 0 Å². The molecule has 0 bridgehead atoms. The number of imidazole rings is 1. The Hall–Kier alpha value is -1.55. The molecule has 0 radical (unpaired) electrons. The summed E-state index contributed by atoms with van der Waals surface area (Å²) < 4.78 is 2.19. The lowest BCUT2D eigenvalue weighted by molar-refractivity contribution is 0.206. The molecule has 1 aromatic carbocycles. The molecule has 4 heteroatoms. The summed E-state index contributed by atoms with van der Waals surface area (Å²) in [5.74, 6) is 1.37. The first-order chi connectivity index (χ1) is 9.13. The van der Waals surface area contributed by atoms with Gasteiger partial charge in [-0.25, -0.2) is 4.98 Å². The first-order valence-corrected chi connectivity index (χ1v) is 7.04. The number of aryl methyl sites for hydroxylation is 1. The van der Waals surface area contributed by atoms with Crippen molar-refractivity contribution in [3.8, 4) is 0 Å². The average Bonchev–Trinajstić information content (AvgIpc) is 2.68. The molecule has 2 heterocycles. The molecular formula is C15H22N4. The maximum absolute atomic E-state index is 6.09. The van der Waals surface area contributed by atoms with Crippen molar-refractivity contribution in [3.63, 3.8) is 0 Å². The SMILES string of the molecule is Cc1ccc2c(c1)nc(N)n2CC1CCN(C)CC1. The van der Waals surface area contributed by atoms with Crippen LogP contribution in [0.5, 0.6) is 0 Å². The molecule has 0 atom stereocenters. The standard InChI is InChI=1S/C15H22N4/c1-11-3-4-14-13(9-11)17-15(16)19(14)10-12-5-7-18(2)8-6-12/h3-4,9,12H,5-8,10H2,1-2H3,(H2,16,17). The van der Waals surface area contributed by atoms with Crippen LogP contribution >= 0.6 is 0 Å². The Kier molecular flexibility index (Phi) is 3.19. The van der Waals surface area contributed by atoms with E-state index < -0.39 is 0 Å². The van der Waals surface area contributed by atoms with Gasteiger partial charge >= 0.3 is 0 Å². The summed E-state index contributed by atoms with van der Waals surface area (Å²) in [6.45, 7) is 5.47. The van der Waals surface area contributed by atoms with Crippen molar-refractivity contribution < 1.29 is 0 Å². The normalized spacial score (nSPS) is 18.2. The monoisotopic (exact) mass is 258 g/mol. The maximum atomic E-state index is 6.09. The molecule has 19 heavy (non-hydrogen) atoms. The summed E-state index contributed by atoms with van der Waals surface area (Å²) in [5.41, 5.74) is 9.51. The molecule has 1 aromatic heterocycles. The third kappa shape index (κ3) is 2.45. The topological polar surface area (TPSA) is 47.1 Å². The Morgan fingerprint density at radius 1 is 1.32 bits per heavy atom. The Bertz CT molecular complexity index is 579. The molecule has 1 fully saturated rings. The number of hydrogen-bond donors (Lipinski definition) is 1. The Morgan fingerprint density at radius 3 is 2.79 bits per heavy atom. The maximum Gasteiger partial charge on any atom is 0.201 e. The molecule has 0 aliphatic carbocycles. The number of rotatable bonds is 2. The number of piperidine rings is 1. The van der Waals surface area contributed by atoms with Crippen LogP contribution in [0.2, 0.25) is 0 Å². The zero-order chi connectivity index (χ0) is 13.4. The van der Waals surface area contributed by atoms with Gasteiger partial charge in [0.05, 0.1) is 11.0 Å². The lowest BCUT2D eigenvalue weighted by Crippen LogP contribution is -2.32. The number of likely N-dealkylation sites (tertiary alicyclic amines) is 1. The lowest BCUT2D eigenvalue weighted by atomic mass is 9.97. The number of benzene rings is 1. The minimum atomic E-state index is 0.652. The lowest BCUT2D eigenvalue weighted by Gasteiger charge is -2.29. The van der Waals surface area contributed by atoms with Crippen molar-refractivity contribution in [2.75, 3.05) is 25.9 Å². The van der Waals surface area contributed by atoms with Gasteiger partial charge in [-0.15, -0.1) is 0 Å². The number of aromatic nitrogens is 2. The van der Waals surface area contributed by atoms with Gasteiger partial charge in [0.2, 0.25) is 5.95 Å². The summed E-state index contributed by atoms with van der Waals surface area (Å²) in [7, 11) is 2.19. The van der Waals surface area contributed by atoms with Crippen LogP contribution in [0, 0.1) is 12.8 Å². The van der Waals surface area contributed by atoms with E-state index >= 15 is 0 Å². The molecular weight excluding hydrogens is 236 g/mol. The van der Waals surface area contributed by atoms with E-state index in [4.69, 9.17) is 5.73 Å². The van der Waals surface area contributed by atoms with Gasteiger partial charge in [-0.2, -0.15) is 0 Å². The van der Waals surface area contributed by atoms with Crippen molar-refractivity contribution in [3.05, 3.63) is 23.8 Å². The van der Waals surface area contributed by atoms with Crippen LogP contribution in [0.3, 0.4) is 0 Å². The second kappa shape index (κ2) is 4.85. The number of nitrogen functional groups attached to an aromatic ring is 1. The van der Waals surface area contributed by atoms with Crippen LogP contribution < -0.4 is 5.73 Å². The van der Waals surface area contributed by atoms with E-state index in [0.717, 1.165) is 18.0 Å². The predicted molar refractivity (Wildman–Crippen MR) is 79.1 cm³/mol. The molecule has 2 aromatic rings. The minimum absolute atomic E-state index is 0.652. The summed E-state index contributed by atoms with van der Waals surface area (Å²) >= 11 is 0. The van der Waals surface area contributed by atoms with Gasteiger partial charge in [0, 0.05) is 6.54 Å². The fourth-order valence-electron chi connectivity index (χ4n) is 2.95. The summed E-state index contributed by atoms with van der Waals surface area (Å²) in [6.07, 6.45) is 2.50. The van der Waals surface area contributed by atoms with Crippen LogP contribution in [-0.2, 0) is 6.54 Å². The summed E-state index contributed by atoms with van der Waals surface area (Å²) in [4.78, 5) is 6.88. The van der Waals surface area contributed by atoms with E-state index in [2.05, 4.69) is 46.6 Å². The van der Waals surface area contributed by atoms with Gasteiger partial charge in [-0.3, -0.25) is 0 Å². The molecule has 1 aliphatic rings. The van der Waals surface area contributed by atoms with Gasteiger partial charge in [-0.1, -0.05) is 6.07 Å². The molecule has 1 saturated heterocycles. The fourth-order valence-corrected chi connectivity index (χ4v) is 2.95. The van der Waals surface area contributed by atoms with Crippen molar-refractivity contribution >= 4 is 17.0 Å². The molecule has 0 saturated carbocycles. The van der Waals surface area contributed by atoms with Gasteiger partial charge in [0.25, 0.3) is 0 Å². The molecule has 4 nitrogen and oxygen atoms in total.